The molecule has 0 aliphatic carbocycles. The summed E-state index contributed by atoms with van der Waals surface area (Å²) < 4.78 is 15.1. The SMILES string of the molecule is c1ccc(-n2c3ccccc3c3cc(N(c4ccc5oc6ccccc6c5c4)c4ccc5oc6c7ccccc7ccc6c5c4)ccc32)cc1. The van der Waals surface area contributed by atoms with E-state index in [1.807, 2.05) is 12.1 Å². The number of benzene rings is 8. The minimum absolute atomic E-state index is 0.873. The number of hydrogen-bond acceptors (Lipinski definition) is 3. The summed E-state index contributed by atoms with van der Waals surface area (Å²) >= 11 is 0. The molecule has 3 heterocycles. The number of rotatable bonds is 4. The monoisotopic (exact) mass is 640 g/mol. The van der Waals surface area contributed by atoms with Crippen LogP contribution in [0.2, 0.25) is 0 Å². The highest BCUT2D eigenvalue weighted by atomic mass is 16.3. The Labute approximate surface area is 286 Å². The van der Waals surface area contributed by atoms with Gasteiger partial charge in [0, 0.05) is 60.5 Å². The highest BCUT2D eigenvalue weighted by Crippen LogP contribution is 2.44. The number of hydrogen-bond donors (Lipinski definition) is 0. The Morgan fingerprint density at radius 3 is 1.76 bits per heavy atom. The summed E-state index contributed by atoms with van der Waals surface area (Å²) in [4.78, 5) is 2.36. The van der Waals surface area contributed by atoms with E-state index in [0.717, 1.165) is 72.0 Å². The molecule has 0 aliphatic heterocycles. The number of para-hydroxylation sites is 3. The summed E-state index contributed by atoms with van der Waals surface area (Å²) in [6, 6.07) is 60.2. The van der Waals surface area contributed by atoms with Gasteiger partial charge in [0.1, 0.15) is 22.3 Å². The van der Waals surface area contributed by atoms with Crippen LogP contribution in [0.15, 0.2) is 179 Å². The second-order valence-electron chi connectivity index (χ2n) is 12.9. The Bertz CT molecular complexity index is 3110. The smallest absolute Gasteiger partial charge is 0.143 e. The van der Waals surface area contributed by atoms with E-state index < -0.39 is 0 Å². The summed E-state index contributed by atoms with van der Waals surface area (Å²) in [6.07, 6.45) is 0. The molecule has 0 saturated carbocycles. The molecule has 0 fully saturated rings. The number of furan rings is 2. The third-order valence-corrected chi connectivity index (χ3v) is 10.2. The maximum atomic E-state index is 6.52. The molecule has 234 valence electrons. The number of fused-ring (bicyclic) bond motifs is 11. The second kappa shape index (κ2) is 10.4. The van der Waals surface area contributed by atoms with E-state index >= 15 is 0 Å². The molecule has 11 rings (SSSR count). The van der Waals surface area contributed by atoms with Crippen LogP contribution in [0.4, 0.5) is 17.1 Å². The first-order valence-electron chi connectivity index (χ1n) is 16.9. The van der Waals surface area contributed by atoms with Gasteiger partial charge in [-0.15, -0.1) is 0 Å². The molecule has 0 N–H and O–H groups in total. The zero-order valence-electron chi connectivity index (χ0n) is 26.9. The highest BCUT2D eigenvalue weighted by molar-refractivity contribution is 6.16. The molecule has 50 heavy (non-hydrogen) atoms. The fourth-order valence-electron chi connectivity index (χ4n) is 7.89. The molecule has 4 nitrogen and oxygen atoms in total. The van der Waals surface area contributed by atoms with Crippen molar-refractivity contribution in [2.45, 2.75) is 0 Å². The van der Waals surface area contributed by atoms with E-state index in [1.165, 1.54) is 27.2 Å². The van der Waals surface area contributed by atoms with Crippen LogP contribution in [0.1, 0.15) is 0 Å². The van der Waals surface area contributed by atoms with E-state index in [0.29, 0.717) is 0 Å². The molecule has 11 aromatic rings. The van der Waals surface area contributed by atoms with Gasteiger partial charge in [-0.05, 0) is 90.3 Å². The van der Waals surface area contributed by atoms with Crippen molar-refractivity contribution in [2.24, 2.45) is 0 Å². The second-order valence-corrected chi connectivity index (χ2v) is 12.9. The van der Waals surface area contributed by atoms with Gasteiger partial charge in [0.25, 0.3) is 0 Å². The third-order valence-electron chi connectivity index (χ3n) is 10.2. The molecule has 0 aliphatic rings. The van der Waals surface area contributed by atoms with Crippen molar-refractivity contribution in [2.75, 3.05) is 4.90 Å². The lowest BCUT2D eigenvalue weighted by atomic mass is 10.0. The zero-order chi connectivity index (χ0) is 32.8. The summed E-state index contributed by atoms with van der Waals surface area (Å²) in [5, 5.41) is 9.10. The van der Waals surface area contributed by atoms with Gasteiger partial charge in [0.2, 0.25) is 0 Å². The normalized spacial score (nSPS) is 12.0. The first-order chi connectivity index (χ1) is 24.8. The molecule has 4 heteroatoms. The maximum absolute atomic E-state index is 6.52. The van der Waals surface area contributed by atoms with Crippen LogP contribution in [0.5, 0.6) is 0 Å². The van der Waals surface area contributed by atoms with Crippen LogP contribution in [-0.4, -0.2) is 4.57 Å². The lowest BCUT2D eigenvalue weighted by Crippen LogP contribution is -2.09. The molecule has 3 aromatic heterocycles. The van der Waals surface area contributed by atoms with E-state index in [1.54, 1.807) is 0 Å². The molecule has 0 amide bonds. The van der Waals surface area contributed by atoms with E-state index in [9.17, 15) is 0 Å². The van der Waals surface area contributed by atoms with Gasteiger partial charge in [-0.3, -0.25) is 0 Å². The minimum atomic E-state index is 0.873. The van der Waals surface area contributed by atoms with Gasteiger partial charge in [0.05, 0.1) is 11.0 Å². The van der Waals surface area contributed by atoms with Crippen LogP contribution in [-0.2, 0) is 0 Å². The van der Waals surface area contributed by atoms with Crippen molar-refractivity contribution < 1.29 is 8.83 Å². The van der Waals surface area contributed by atoms with Crippen LogP contribution in [0.25, 0.3) is 82.1 Å². The Balaban J connectivity index is 1.18. The lowest BCUT2D eigenvalue weighted by molar-refractivity contribution is 0.669. The lowest BCUT2D eigenvalue weighted by Gasteiger charge is -2.26. The molecule has 0 radical (unpaired) electrons. The van der Waals surface area contributed by atoms with Crippen LogP contribution in [0.3, 0.4) is 0 Å². The molecule has 8 aromatic carbocycles. The Morgan fingerprint density at radius 2 is 0.940 bits per heavy atom. The van der Waals surface area contributed by atoms with Gasteiger partial charge in [-0.25, -0.2) is 0 Å². The average Bonchev–Trinajstić information content (AvgIpc) is 3.85. The van der Waals surface area contributed by atoms with E-state index in [-0.39, 0.29) is 0 Å². The van der Waals surface area contributed by atoms with Crippen LogP contribution in [0, 0.1) is 0 Å². The van der Waals surface area contributed by atoms with Crippen molar-refractivity contribution in [1.29, 1.82) is 0 Å². The van der Waals surface area contributed by atoms with Gasteiger partial charge >= 0.3 is 0 Å². The molecular formula is C46H28N2O2. The van der Waals surface area contributed by atoms with Crippen LogP contribution < -0.4 is 4.90 Å². The van der Waals surface area contributed by atoms with Crippen molar-refractivity contribution in [3.05, 3.63) is 170 Å². The van der Waals surface area contributed by atoms with E-state index in [4.69, 9.17) is 8.83 Å². The van der Waals surface area contributed by atoms with Gasteiger partial charge in [-0.2, -0.15) is 0 Å². The topological polar surface area (TPSA) is 34.5 Å². The number of nitrogens with zero attached hydrogens (tertiary/aromatic N) is 2. The molecule has 0 atom stereocenters. The first-order valence-corrected chi connectivity index (χ1v) is 16.9. The Morgan fingerprint density at radius 1 is 0.360 bits per heavy atom. The standard InChI is InChI=1S/C46H28N2O2/c1-2-11-30(12-3-1)48-41-16-8-6-14-35(41)38-26-31(19-23-42(38)48)47(32-20-24-44-39(27-32)36-15-7-9-17-43(36)49-44)33-21-25-45-40(28-33)37-22-18-29-10-4-5-13-34(29)46(37)50-45/h1-28H. The molecule has 0 saturated heterocycles. The number of aromatic nitrogens is 1. The molecular weight excluding hydrogens is 613 g/mol. The van der Waals surface area contributed by atoms with Crippen molar-refractivity contribution >= 4 is 93.5 Å². The molecule has 0 spiro atoms. The molecule has 0 unspecified atom stereocenters. The van der Waals surface area contributed by atoms with Crippen molar-refractivity contribution in [3.63, 3.8) is 0 Å². The fraction of sp³-hybridized carbons (Fsp3) is 0. The average molecular weight is 641 g/mol. The maximum Gasteiger partial charge on any atom is 0.143 e. The Kier molecular flexibility index (Phi) is 5.63. The summed E-state index contributed by atoms with van der Waals surface area (Å²) in [5.41, 5.74) is 10.2. The van der Waals surface area contributed by atoms with Crippen LogP contribution >= 0.6 is 0 Å². The zero-order valence-corrected chi connectivity index (χ0v) is 26.9. The predicted octanol–water partition coefficient (Wildman–Crippen LogP) is 13.2. The summed E-state index contributed by atoms with van der Waals surface area (Å²) in [7, 11) is 0. The fourth-order valence-corrected chi connectivity index (χ4v) is 7.89. The quantitative estimate of drug-likeness (QED) is 0.192. The van der Waals surface area contributed by atoms with Gasteiger partial charge in [0.15, 0.2) is 0 Å². The van der Waals surface area contributed by atoms with Crippen molar-refractivity contribution in [1.82, 2.24) is 4.57 Å². The van der Waals surface area contributed by atoms with E-state index in [2.05, 4.69) is 167 Å². The van der Waals surface area contributed by atoms with Gasteiger partial charge in [-0.1, -0.05) is 84.9 Å². The Hall–Kier alpha value is -6.78. The third kappa shape index (κ3) is 3.93. The van der Waals surface area contributed by atoms with Gasteiger partial charge < -0.3 is 18.3 Å². The number of anilines is 3. The largest absolute Gasteiger partial charge is 0.456 e. The van der Waals surface area contributed by atoms with Crippen molar-refractivity contribution in [3.8, 4) is 5.69 Å². The summed E-state index contributed by atoms with van der Waals surface area (Å²) in [5.74, 6) is 0. The predicted molar refractivity (Wildman–Crippen MR) is 208 cm³/mol. The molecule has 0 bridgehead atoms. The highest BCUT2D eigenvalue weighted by Gasteiger charge is 2.20. The minimum Gasteiger partial charge on any atom is -0.456 e. The summed E-state index contributed by atoms with van der Waals surface area (Å²) in [6.45, 7) is 0. The first kappa shape index (κ1) is 27.2.